The van der Waals surface area contributed by atoms with E-state index in [0.29, 0.717) is 19.3 Å². The maximum atomic E-state index is 12.8. The van der Waals surface area contributed by atoms with Gasteiger partial charge in [0.2, 0.25) is 0 Å². The zero-order valence-electron chi connectivity index (χ0n) is 42.7. The molecule has 0 saturated carbocycles. The molecular formula is C59H102O6. The molecule has 0 N–H and O–H groups in total. The van der Waals surface area contributed by atoms with E-state index < -0.39 is 6.10 Å². The summed E-state index contributed by atoms with van der Waals surface area (Å²) in [7, 11) is 0. The third kappa shape index (κ3) is 51.7. The van der Waals surface area contributed by atoms with E-state index in [9.17, 15) is 14.4 Å². The average Bonchev–Trinajstić information content (AvgIpc) is 3.30. The summed E-state index contributed by atoms with van der Waals surface area (Å²) in [5.74, 6) is -0.922. The van der Waals surface area contributed by atoms with Gasteiger partial charge in [-0.15, -0.1) is 0 Å². The molecular weight excluding hydrogens is 805 g/mol. The highest BCUT2D eigenvalue weighted by Gasteiger charge is 2.19. The summed E-state index contributed by atoms with van der Waals surface area (Å²) in [5.41, 5.74) is 0. The lowest BCUT2D eigenvalue weighted by Crippen LogP contribution is -2.30. The molecule has 0 radical (unpaired) electrons. The van der Waals surface area contributed by atoms with Gasteiger partial charge in [-0.05, 0) is 89.9 Å². The van der Waals surface area contributed by atoms with Crippen molar-refractivity contribution in [2.45, 2.75) is 271 Å². The van der Waals surface area contributed by atoms with Gasteiger partial charge in [-0.25, -0.2) is 0 Å². The van der Waals surface area contributed by atoms with Crippen molar-refractivity contribution < 1.29 is 28.6 Å². The van der Waals surface area contributed by atoms with Crippen LogP contribution in [0.3, 0.4) is 0 Å². The molecule has 6 nitrogen and oxygen atoms in total. The van der Waals surface area contributed by atoms with Crippen molar-refractivity contribution in [3.05, 3.63) is 72.9 Å². The first kappa shape index (κ1) is 61.9. The van der Waals surface area contributed by atoms with E-state index in [0.717, 1.165) is 103 Å². The smallest absolute Gasteiger partial charge is 0.306 e. The Morgan fingerprint density at radius 2 is 0.600 bits per heavy atom. The molecule has 0 fully saturated rings. The molecule has 0 aliphatic heterocycles. The van der Waals surface area contributed by atoms with E-state index in [-0.39, 0.29) is 31.1 Å². The molecule has 0 aromatic heterocycles. The summed E-state index contributed by atoms with van der Waals surface area (Å²) >= 11 is 0. The lowest BCUT2D eigenvalue weighted by atomic mass is 10.1. The minimum Gasteiger partial charge on any atom is -0.462 e. The highest BCUT2D eigenvalue weighted by molar-refractivity contribution is 5.71. The summed E-state index contributed by atoms with van der Waals surface area (Å²) in [5, 5.41) is 0. The van der Waals surface area contributed by atoms with Crippen LogP contribution in [0, 0.1) is 0 Å². The van der Waals surface area contributed by atoms with Gasteiger partial charge in [0.1, 0.15) is 13.2 Å². The molecule has 0 aliphatic rings. The van der Waals surface area contributed by atoms with Gasteiger partial charge in [0.05, 0.1) is 0 Å². The molecule has 0 heterocycles. The van der Waals surface area contributed by atoms with Crippen molar-refractivity contribution >= 4 is 17.9 Å². The number of allylic oxidation sites excluding steroid dienone is 12. The average molecular weight is 907 g/mol. The first-order chi connectivity index (χ1) is 32.0. The Kier molecular flexibility index (Phi) is 50.9. The molecule has 0 amide bonds. The molecule has 0 aliphatic carbocycles. The van der Waals surface area contributed by atoms with E-state index in [1.54, 1.807) is 0 Å². The van der Waals surface area contributed by atoms with Crippen molar-refractivity contribution in [1.82, 2.24) is 0 Å². The number of carbonyl (C=O) groups excluding carboxylic acids is 3. The van der Waals surface area contributed by atoms with Crippen molar-refractivity contribution in [3.8, 4) is 0 Å². The molecule has 65 heavy (non-hydrogen) atoms. The monoisotopic (exact) mass is 907 g/mol. The summed E-state index contributed by atoms with van der Waals surface area (Å²) in [4.78, 5) is 38.0. The summed E-state index contributed by atoms with van der Waals surface area (Å²) in [6, 6.07) is 0. The number of carbonyl (C=O) groups is 3. The largest absolute Gasteiger partial charge is 0.462 e. The van der Waals surface area contributed by atoms with Crippen molar-refractivity contribution in [1.29, 1.82) is 0 Å². The predicted octanol–water partition coefficient (Wildman–Crippen LogP) is 18.2. The van der Waals surface area contributed by atoms with Gasteiger partial charge in [0, 0.05) is 19.3 Å². The predicted molar refractivity (Wildman–Crippen MR) is 279 cm³/mol. The van der Waals surface area contributed by atoms with Gasteiger partial charge in [-0.3, -0.25) is 14.4 Å². The Morgan fingerprint density at radius 3 is 0.954 bits per heavy atom. The molecule has 0 rings (SSSR count). The van der Waals surface area contributed by atoms with Crippen LogP contribution in [0.5, 0.6) is 0 Å². The zero-order chi connectivity index (χ0) is 47.2. The van der Waals surface area contributed by atoms with Crippen LogP contribution >= 0.6 is 0 Å². The van der Waals surface area contributed by atoms with Gasteiger partial charge in [0.25, 0.3) is 0 Å². The van der Waals surface area contributed by atoms with Crippen LogP contribution in [-0.4, -0.2) is 37.2 Å². The standard InChI is InChI=1S/C59H102O6/c1-4-7-10-13-16-19-22-24-25-26-27-28-29-30-31-32-33-35-37-40-43-46-49-52-58(61)64-55-56(54-63-57(60)51-48-45-42-39-36-21-18-15-12-9-6-3)65-59(62)53-50-47-44-41-38-34-23-20-17-14-11-8-5-2/h8,11,17,20,22,24,26-27,29-30,34,38,56H,4-7,9-10,12-16,18-19,21,23,25,28,31-33,35-37,39-55H2,1-3H3/b11-8-,20-17-,24-22-,27-26-,30-29-,38-34-. The number of esters is 3. The number of hydrogen-bond acceptors (Lipinski definition) is 6. The van der Waals surface area contributed by atoms with Crippen molar-refractivity contribution in [2.75, 3.05) is 13.2 Å². The van der Waals surface area contributed by atoms with E-state index in [1.807, 2.05) is 0 Å². The fraction of sp³-hybridized carbons (Fsp3) is 0.746. The van der Waals surface area contributed by atoms with Gasteiger partial charge >= 0.3 is 17.9 Å². The van der Waals surface area contributed by atoms with Crippen LogP contribution in [0.1, 0.15) is 265 Å². The molecule has 374 valence electrons. The highest BCUT2D eigenvalue weighted by Crippen LogP contribution is 2.15. The van der Waals surface area contributed by atoms with Gasteiger partial charge in [0.15, 0.2) is 6.10 Å². The summed E-state index contributed by atoms with van der Waals surface area (Å²) in [6.07, 6.45) is 67.5. The van der Waals surface area contributed by atoms with Crippen LogP contribution in [0.2, 0.25) is 0 Å². The van der Waals surface area contributed by atoms with Crippen LogP contribution in [0.15, 0.2) is 72.9 Å². The van der Waals surface area contributed by atoms with E-state index in [2.05, 4.69) is 93.7 Å². The van der Waals surface area contributed by atoms with E-state index >= 15 is 0 Å². The fourth-order valence-electron chi connectivity index (χ4n) is 7.58. The highest BCUT2D eigenvalue weighted by atomic mass is 16.6. The molecule has 0 spiro atoms. The maximum Gasteiger partial charge on any atom is 0.306 e. The van der Waals surface area contributed by atoms with E-state index in [1.165, 1.54) is 122 Å². The van der Waals surface area contributed by atoms with Crippen LogP contribution < -0.4 is 0 Å². The number of rotatable bonds is 49. The Bertz CT molecular complexity index is 1230. The van der Waals surface area contributed by atoms with Crippen LogP contribution in [-0.2, 0) is 28.6 Å². The first-order valence-electron chi connectivity index (χ1n) is 27.4. The second-order valence-corrected chi connectivity index (χ2v) is 18.1. The van der Waals surface area contributed by atoms with Gasteiger partial charge < -0.3 is 14.2 Å². The first-order valence-corrected chi connectivity index (χ1v) is 27.4. The third-order valence-electron chi connectivity index (χ3n) is 11.7. The fourth-order valence-corrected chi connectivity index (χ4v) is 7.58. The number of ether oxygens (including phenoxy) is 3. The Balaban J connectivity index is 4.32. The number of hydrogen-bond donors (Lipinski definition) is 0. The summed E-state index contributed by atoms with van der Waals surface area (Å²) < 4.78 is 16.8. The van der Waals surface area contributed by atoms with Crippen LogP contribution in [0.25, 0.3) is 0 Å². The maximum absolute atomic E-state index is 12.8. The van der Waals surface area contributed by atoms with Crippen molar-refractivity contribution in [3.63, 3.8) is 0 Å². The zero-order valence-corrected chi connectivity index (χ0v) is 42.7. The lowest BCUT2D eigenvalue weighted by Gasteiger charge is -2.18. The quantitative estimate of drug-likeness (QED) is 0.0262. The molecule has 0 saturated heterocycles. The minimum absolute atomic E-state index is 0.0882. The number of unbranched alkanes of at least 4 members (excludes halogenated alkanes) is 26. The minimum atomic E-state index is -0.791. The molecule has 1 unspecified atom stereocenters. The second-order valence-electron chi connectivity index (χ2n) is 18.1. The second kappa shape index (κ2) is 53.5. The SMILES string of the molecule is CC/C=C\C/C=C\C/C=C\CCCCCC(=O)OC(COC(=O)CCCCCCCCCC/C=C\C/C=C\C/C=C\CCCCCCC)COC(=O)CCCCCCCCCCCCC. The Labute approximate surface area is 402 Å². The normalized spacial score (nSPS) is 12.6. The summed E-state index contributed by atoms with van der Waals surface area (Å²) in [6.45, 7) is 6.48. The molecule has 1 atom stereocenters. The van der Waals surface area contributed by atoms with Gasteiger partial charge in [-0.1, -0.05) is 229 Å². The van der Waals surface area contributed by atoms with Crippen molar-refractivity contribution in [2.24, 2.45) is 0 Å². The third-order valence-corrected chi connectivity index (χ3v) is 11.7. The Hall–Kier alpha value is -3.15. The molecule has 6 heteroatoms. The molecule has 0 bridgehead atoms. The topological polar surface area (TPSA) is 78.9 Å². The van der Waals surface area contributed by atoms with E-state index in [4.69, 9.17) is 14.2 Å². The van der Waals surface area contributed by atoms with Crippen LogP contribution in [0.4, 0.5) is 0 Å². The molecule has 0 aromatic carbocycles. The molecule has 0 aromatic rings. The lowest BCUT2D eigenvalue weighted by molar-refractivity contribution is -0.167. The Morgan fingerprint density at radius 1 is 0.323 bits per heavy atom. The van der Waals surface area contributed by atoms with Gasteiger partial charge in [-0.2, -0.15) is 0 Å².